The van der Waals surface area contributed by atoms with Gasteiger partial charge in [-0.1, -0.05) is 48.0 Å². The maximum Gasteiger partial charge on any atom is 0.0484 e. The Balaban J connectivity index is 2.59. The Morgan fingerprint density at radius 2 is 1.47 bits per heavy atom. The molecule has 2 heteroatoms. The van der Waals surface area contributed by atoms with Crippen molar-refractivity contribution in [2.75, 3.05) is 6.26 Å². The molecule has 0 aromatic heterocycles. The van der Waals surface area contributed by atoms with Crippen molar-refractivity contribution in [3.63, 3.8) is 0 Å². The molecule has 0 N–H and O–H groups in total. The molecule has 2 aromatic carbocycles. The van der Waals surface area contributed by atoms with Gasteiger partial charge >= 0.3 is 0 Å². The third-order valence-corrected chi connectivity index (χ3v) is 3.40. The molecule has 15 heavy (non-hydrogen) atoms. The van der Waals surface area contributed by atoms with Gasteiger partial charge in [-0.3, -0.25) is 0 Å². The molecule has 0 heterocycles. The number of halogens is 1. The van der Waals surface area contributed by atoms with E-state index in [1.165, 1.54) is 10.5 Å². The van der Waals surface area contributed by atoms with Gasteiger partial charge in [0, 0.05) is 15.5 Å². The molecule has 0 saturated carbocycles. The van der Waals surface area contributed by atoms with Gasteiger partial charge in [0.15, 0.2) is 0 Å². The lowest BCUT2D eigenvalue weighted by molar-refractivity contribution is 1.45. The third kappa shape index (κ3) is 2.19. The molecule has 0 bridgehead atoms. The highest BCUT2D eigenvalue weighted by Gasteiger charge is 2.06. The largest absolute Gasteiger partial charge is 0.129 e. The Morgan fingerprint density at radius 3 is 2.13 bits per heavy atom. The number of thioether (sulfide) groups is 1. The normalized spacial score (nSPS) is 10.3. The molecule has 0 unspecified atom stereocenters. The minimum Gasteiger partial charge on any atom is -0.129 e. The molecule has 0 aliphatic heterocycles. The topological polar surface area (TPSA) is 0 Å². The van der Waals surface area contributed by atoms with E-state index in [-0.39, 0.29) is 0 Å². The van der Waals surface area contributed by atoms with E-state index in [0.29, 0.717) is 0 Å². The van der Waals surface area contributed by atoms with Crippen LogP contribution in [-0.4, -0.2) is 6.26 Å². The second-order valence-corrected chi connectivity index (χ2v) is 4.44. The standard InChI is InChI=1S/C13H11ClS/c1-15-13-9-5-3-7-11(13)10-6-2-4-8-12(10)14/h2-9H,1H3. The van der Waals surface area contributed by atoms with Crippen LogP contribution in [0.3, 0.4) is 0 Å². The van der Waals surface area contributed by atoms with Gasteiger partial charge in [0.05, 0.1) is 0 Å². The maximum absolute atomic E-state index is 6.18. The van der Waals surface area contributed by atoms with Crippen LogP contribution in [0.2, 0.25) is 5.02 Å². The van der Waals surface area contributed by atoms with E-state index in [1.807, 2.05) is 30.3 Å². The summed E-state index contributed by atoms with van der Waals surface area (Å²) in [7, 11) is 0. The Morgan fingerprint density at radius 1 is 0.867 bits per heavy atom. The van der Waals surface area contributed by atoms with Crippen molar-refractivity contribution in [3.8, 4) is 11.1 Å². The second-order valence-electron chi connectivity index (χ2n) is 3.18. The molecular weight excluding hydrogens is 224 g/mol. The number of hydrogen-bond acceptors (Lipinski definition) is 1. The lowest BCUT2D eigenvalue weighted by atomic mass is 10.1. The average molecular weight is 235 g/mol. The quantitative estimate of drug-likeness (QED) is 0.677. The van der Waals surface area contributed by atoms with Crippen LogP contribution < -0.4 is 0 Å². The zero-order valence-electron chi connectivity index (χ0n) is 8.41. The third-order valence-electron chi connectivity index (χ3n) is 2.27. The first-order chi connectivity index (χ1) is 7.33. The monoisotopic (exact) mass is 234 g/mol. The minimum absolute atomic E-state index is 0.805. The van der Waals surface area contributed by atoms with Crippen LogP contribution in [0.4, 0.5) is 0 Å². The highest BCUT2D eigenvalue weighted by molar-refractivity contribution is 7.98. The van der Waals surface area contributed by atoms with Crippen LogP contribution in [0.25, 0.3) is 11.1 Å². The molecule has 0 fully saturated rings. The molecule has 2 aromatic rings. The zero-order chi connectivity index (χ0) is 10.7. The van der Waals surface area contributed by atoms with Gasteiger partial charge in [-0.25, -0.2) is 0 Å². The molecule has 2 rings (SSSR count). The van der Waals surface area contributed by atoms with Crippen LogP contribution in [0.5, 0.6) is 0 Å². The smallest absolute Gasteiger partial charge is 0.0484 e. The molecule has 0 amide bonds. The zero-order valence-corrected chi connectivity index (χ0v) is 9.98. The van der Waals surface area contributed by atoms with E-state index in [1.54, 1.807) is 11.8 Å². The summed E-state index contributed by atoms with van der Waals surface area (Å²) in [5.41, 5.74) is 2.31. The van der Waals surface area contributed by atoms with E-state index < -0.39 is 0 Å². The minimum atomic E-state index is 0.805. The predicted octanol–water partition coefficient (Wildman–Crippen LogP) is 4.73. The molecular formula is C13H11ClS. The Bertz CT molecular complexity index is 466. The van der Waals surface area contributed by atoms with E-state index in [9.17, 15) is 0 Å². The van der Waals surface area contributed by atoms with Crippen molar-refractivity contribution in [1.82, 2.24) is 0 Å². The van der Waals surface area contributed by atoms with Gasteiger partial charge < -0.3 is 0 Å². The maximum atomic E-state index is 6.18. The molecule has 0 saturated heterocycles. The van der Waals surface area contributed by atoms with E-state index in [2.05, 4.69) is 24.5 Å². The molecule has 0 aliphatic rings. The Hall–Kier alpha value is -0.920. The lowest BCUT2D eigenvalue weighted by Gasteiger charge is -2.08. The van der Waals surface area contributed by atoms with Crippen molar-refractivity contribution in [1.29, 1.82) is 0 Å². The molecule has 0 atom stereocenters. The van der Waals surface area contributed by atoms with Gasteiger partial charge in [0.2, 0.25) is 0 Å². The van der Waals surface area contributed by atoms with Crippen LogP contribution in [0.1, 0.15) is 0 Å². The fraction of sp³-hybridized carbons (Fsp3) is 0.0769. The molecule has 0 spiro atoms. The van der Waals surface area contributed by atoms with Crippen molar-refractivity contribution in [3.05, 3.63) is 53.6 Å². The highest BCUT2D eigenvalue weighted by atomic mass is 35.5. The summed E-state index contributed by atoms with van der Waals surface area (Å²) in [4.78, 5) is 1.26. The Labute approximate surface area is 99.3 Å². The fourth-order valence-corrected chi connectivity index (χ4v) is 2.40. The summed E-state index contributed by atoms with van der Waals surface area (Å²) < 4.78 is 0. The average Bonchev–Trinajstić information content (AvgIpc) is 2.30. The summed E-state index contributed by atoms with van der Waals surface area (Å²) in [6.07, 6.45) is 2.08. The summed E-state index contributed by atoms with van der Waals surface area (Å²) in [5, 5.41) is 0.805. The van der Waals surface area contributed by atoms with Crippen molar-refractivity contribution >= 4 is 23.4 Å². The Kier molecular flexibility index (Phi) is 3.34. The highest BCUT2D eigenvalue weighted by Crippen LogP contribution is 2.34. The van der Waals surface area contributed by atoms with Crippen LogP contribution in [0, 0.1) is 0 Å². The number of rotatable bonds is 2. The number of hydrogen-bond donors (Lipinski definition) is 0. The summed E-state index contributed by atoms with van der Waals surface area (Å²) >= 11 is 7.92. The fourth-order valence-electron chi connectivity index (χ4n) is 1.55. The van der Waals surface area contributed by atoms with E-state index in [4.69, 9.17) is 11.6 Å². The summed E-state index contributed by atoms with van der Waals surface area (Å²) in [6, 6.07) is 16.2. The lowest BCUT2D eigenvalue weighted by Crippen LogP contribution is -1.82. The second kappa shape index (κ2) is 4.73. The first kappa shape index (κ1) is 10.6. The van der Waals surface area contributed by atoms with Crippen molar-refractivity contribution < 1.29 is 0 Å². The predicted molar refractivity (Wildman–Crippen MR) is 68.7 cm³/mol. The van der Waals surface area contributed by atoms with Crippen molar-refractivity contribution in [2.24, 2.45) is 0 Å². The van der Waals surface area contributed by atoms with Gasteiger partial charge in [0.1, 0.15) is 0 Å². The van der Waals surface area contributed by atoms with Gasteiger partial charge in [-0.2, -0.15) is 0 Å². The van der Waals surface area contributed by atoms with Gasteiger partial charge in [0.25, 0.3) is 0 Å². The first-order valence-electron chi connectivity index (χ1n) is 4.71. The molecule has 0 radical (unpaired) electrons. The van der Waals surface area contributed by atoms with E-state index in [0.717, 1.165) is 10.6 Å². The van der Waals surface area contributed by atoms with Crippen molar-refractivity contribution in [2.45, 2.75) is 4.90 Å². The van der Waals surface area contributed by atoms with Crippen LogP contribution in [0.15, 0.2) is 53.4 Å². The van der Waals surface area contributed by atoms with E-state index >= 15 is 0 Å². The first-order valence-corrected chi connectivity index (χ1v) is 6.31. The molecule has 0 nitrogen and oxygen atoms in total. The SMILES string of the molecule is CSc1ccccc1-c1ccccc1Cl. The summed E-state index contributed by atoms with van der Waals surface area (Å²) in [5.74, 6) is 0. The van der Waals surface area contributed by atoms with Crippen LogP contribution in [-0.2, 0) is 0 Å². The van der Waals surface area contributed by atoms with Gasteiger partial charge in [-0.05, 0) is 24.0 Å². The number of benzene rings is 2. The molecule has 0 aliphatic carbocycles. The summed E-state index contributed by atoms with van der Waals surface area (Å²) in [6.45, 7) is 0. The molecule has 76 valence electrons. The van der Waals surface area contributed by atoms with Gasteiger partial charge in [-0.15, -0.1) is 11.8 Å². The van der Waals surface area contributed by atoms with Crippen LogP contribution >= 0.6 is 23.4 Å².